The zero-order valence-electron chi connectivity index (χ0n) is 9.71. The van der Waals surface area contributed by atoms with Crippen molar-refractivity contribution in [3.63, 3.8) is 0 Å². The molecule has 0 bridgehead atoms. The number of benzene rings is 1. The van der Waals surface area contributed by atoms with Crippen molar-refractivity contribution in [2.75, 3.05) is 13.2 Å². The molecule has 0 amide bonds. The normalized spacial score (nSPS) is 27.9. The van der Waals surface area contributed by atoms with Crippen molar-refractivity contribution in [2.45, 2.75) is 30.5 Å². The van der Waals surface area contributed by atoms with Crippen molar-refractivity contribution in [3.05, 3.63) is 35.9 Å². The van der Waals surface area contributed by atoms with Crippen molar-refractivity contribution in [3.8, 4) is 0 Å². The van der Waals surface area contributed by atoms with Crippen LogP contribution in [0.4, 0.5) is 0 Å². The summed E-state index contributed by atoms with van der Waals surface area (Å²) in [6.45, 7) is -0.353. The average Bonchev–Trinajstić information content (AvgIpc) is 2.39. The Morgan fingerprint density at radius 1 is 1.18 bits per heavy atom. The lowest BCUT2D eigenvalue weighted by molar-refractivity contribution is -0.00597. The number of hydrogen-bond donors (Lipinski definition) is 4. The summed E-state index contributed by atoms with van der Waals surface area (Å²) in [6, 6.07) is 9.76. The Morgan fingerprint density at radius 3 is 2.41 bits per heavy atom. The maximum absolute atomic E-state index is 9.88. The van der Waals surface area contributed by atoms with E-state index in [4.69, 9.17) is 0 Å². The number of nitrogens with one attached hydrogen (secondary N) is 1. The molecule has 2 atom stereocenters. The highest BCUT2D eigenvalue weighted by atomic mass is 16.3. The van der Waals surface area contributed by atoms with Crippen molar-refractivity contribution in [1.29, 1.82) is 0 Å². The summed E-state index contributed by atoms with van der Waals surface area (Å²) in [6.07, 6.45) is 0.482. The standard InChI is InChI=1S/C13H19NO3/c15-8-13(9-16)7-11(17)6-12(14-13)10-4-2-1-3-5-10/h1-5,11-12,14-17H,6-9H2/t11-,12-/m1/s1. The van der Waals surface area contributed by atoms with E-state index >= 15 is 0 Å². The molecule has 17 heavy (non-hydrogen) atoms. The molecule has 1 aliphatic heterocycles. The fourth-order valence-corrected chi connectivity index (χ4v) is 2.47. The highest BCUT2D eigenvalue weighted by Crippen LogP contribution is 2.30. The predicted octanol–water partition coefficient (Wildman–Crippen LogP) is 0.195. The number of rotatable bonds is 3. The second kappa shape index (κ2) is 5.14. The van der Waals surface area contributed by atoms with E-state index < -0.39 is 11.6 Å². The molecule has 0 radical (unpaired) electrons. The van der Waals surface area contributed by atoms with Gasteiger partial charge in [-0.05, 0) is 18.4 Å². The fourth-order valence-electron chi connectivity index (χ4n) is 2.47. The maximum Gasteiger partial charge on any atom is 0.0677 e. The van der Waals surface area contributed by atoms with Gasteiger partial charge in [0.25, 0.3) is 0 Å². The molecular weight excluding hydrogens is 218 g/mol. The van der Waals surface area contributed by atoms with Crippen LogP contribution in [0.25, 0.3) is 0 Å². The number of aliphatic hydroxyl groups is 3. The second-order valence-corrected chi connectivity index (χ2v) is 4.80. The van der Waals surface area contributed by atoms with Gasteiger partial charge in [-0.3, -0.25) is 0 Å². The molecule has 4 heteroatoms. The van der Waals surface area contributed by atoms with Gasteiger partial charge in [-0.1, -0.05) is 30.3 Å². The van der Waals surface area contributed by atoms with Crippen LogP contribution in [0.3, 0.4) is 0 Å². The lowest BCUT2D eigenvalue weighted by Crippen LogP contribution is -2.58. The number of hydrogen-bond acceptors (Lipinski definition) is 4. The van der Waals surface area contributed by atoms with Crippen LogP contribution in [-0.2, 0) is 0 Å². The first-order valence-electron chi connectivity index (χ1n) is 5.91. The summed E-state index contributed by atoms with van der Waals surface area (Å²) in [5, 5.41) is 31.9. The van der Waals surface area contributed by atoms with E-state index in [1.165, 1.54) is 0 Å². The van der Waals surface area contributed by atoms with Gasteiger partial charge in [0.1, 0.15) is 0 Å². The third kappa shape index (κ3) is 2.66. The minimum absolute atomic E-state index is 0.0285. The molecule has 1 aromatic rings. The van der Waals surface area contributed by atoms with E-state index in [0.29, 0.717) is 12.8 Å². The van der Waals surface area contributed by atoms with Gasteiger partial charge in [0.05, 0.1) is 24.9 Å². The number of aliphatic hydroxyl groups excluding tert-OH is 3. The van der Waals surface area contributed by atoms with Gasteiger partial charge in [0.15, 0.2) is 0 Å². The highest BCUT2D eigenvalue weighted by molar-refractivity contribution is 5.21. The molecule has 1 aromatic carbocycles. The summed E-state index contributed by atoms with van der Waals surface area (Å²) >= 11 is 0. The van der Waals surface area contributed by atoms with E-state index in [2.05, 4.69) is 5.32 Å². The van der Waals surface area contributed by atoms with Crippen LogP contribution in [-0.4, -0.2) is 40.2 Å². The summed E-state index contributed by atoms with van der Waals surface area (Å²) in [5.74, 6) is 0. The van der Waals surface area contributed by atoms with Crippen molar-refractivity contribution >= 4 is 0 Å². The Hall–Kier alpha value is -0.940. The summed E-state index contributed by atoms with van der Waals surface area (Å²) < 4.78 is 0. The van der Waals surface area contributed by atoms with Crippen LogP contribution in [0, 0.1) is 0 Å². The van der Waals surface area contributed by atoms with Gasteiger partial charge in [-0.15, -0.1) is 0 Å². The second-order valence-electron chi connectivity index (χ2n) is 4.80. The first-order chi connectivity index (χ1) is 8.19. The molecule has 0 aliphatic carbocycles. The van der Waals surface area contributed by atoms with Crippen LogP contribution in [0.2, 0.25) is 0 Å². The molecule has 0 spiro atoms. The van der Waals surface area contributed by atoms with Crippen LogP contribution < -0.4 is 5.32 Å². The molecular formula is C13H19NO3. The average molecular weight is 237 g/mol. The van der Waals surface area contributed by atoms with E-state index in [9.17, 15) is 15.3 Å². The van der Waals surface area contributed by atoms with Crippen LogP contribution in [0.15, 0.2) is 30.3 Å². The van der Waals surface area contributed by atoms with Crippen LogP contribution in [0.1, 0.15) is 24.4 Å². The molecule has 0 unspecified atom stereocenters. The van der Waals surface area contributed by atoms with Gasteiger partial charge in [0, 0.05) is 6.04 Å². The third-order valence-electron chi connectivity index (χ3n) is 3.42. The lowest BCUT2D eigenvalue weighted by Gasteiger charge is -2.42. The van der Waals surface area contributed by atoms with Gasteiger partial charge < -0.3 is 20.6 Å². The summed E-state index contributed by atoms with van der Waals surface area (Å²) in [5.41, 5.74) is 0.288. The molecule has 1 heterocycles. The Balaban J connectivity index is 2.19. The van der Waals surface area contributed by atoms with Crippen molar-refractivity contribution in [2.24, 2.45) is 0 Å². The largest absolute Gasteiger partial charge is 0.394 e. The van der Waals surface area contributed by atoms with Gasteiger partial charge >= 0.3 is 0 Å². The molecule has 4 N–H and O–H groups in total. The minimum atomic E-state index is -0.780. The monoisotopic (exact) mass is 237 g/mol. The van der Waals surface area contributed by atoms with E-state index in [0.717, 1.165) is 5.56 Å². The smallest absolute Gasteiger partial charge is 0.0677 e. The Labute approximate surface area is 101 Å². The minimum Gasteiger partial charge on any atom is -0.394 e. The van der Waals surface area contributed by atoms with Crippen LogP contribution in [0.5, 0.6) is 0 Å². The van der Waals surface area contributed by atoms with Crippen molar-refractivity contribution in [1.82, 2.24) is 5.32 Å². The first-order valence-corrected chi connectivity index (χ1v) is 5.91. The molecule has 2 rings (SSSR count). The quantitative estimate of drug-likeness (QED) is 0.606. The zero-order chi connectivity index (χ0) is 12.3. The Kier molecular flexibility index (Phi) is 3.79. The topological polar surface area (TPSA) is 72.7 Å². The van der Waals surface area contributed by atoms with Gasteiger partial charge in [0.2, 0.25) is 0 Å². The Morgan fingerprint density at radius 2 is 1.82 bits per heavy atom. The predicted molar refractivity (Wildman–Crippen MR) is 64.5 cm³/mol. The molecule has 4 nitrogen and oxygen atoms in total. The van der Waals surface area contributed by atoms with Crippen molar-refractivity contribution < 1.29 is 15.3 Å². The van der Waals surface area contributed by atoms with E-state index in [1.807, 2.05) is 30.3 Å². The van der Waals surface area contributed by atoms with Crippen LogP contribution >= 0.6 is 0 Å². The third-order valence-corrected chi connectivity index (χ3v) is 3.42. The summed E-state index contributed by atoms with van der Waals surface area (Å²) in [7, 11) is 0. The Bertz CT molecular complexity index is 351. The van der Waals surface area contributed by atoms with E-state index in [1.54, 1.807) is 0 Å². The SMILES string of the molecule is OCC1(CO)C[C@H](O)C[C@H](c2ccccc2)N1. The van der Waals surface area contributed by atoms with E-state index in [-0.39, 0.29) is 19.3 Å². The van der Waals surface area contributed by atoms with Gasteiger partial charge in [-0.2, -0.15) is 0 Å². The molecule has 0 saturated carbocycles. The zero-order valence-corrected chi connectivity index (χ0v) is 9.71. The number of piperidine rings is 1. The molecule has 1 saturated heterocycles. The molecule has 0 aromatic heterocycles. The maximum atomic E-state index is 9.88. The molecule has 94 valence electrons. The molecule has 1 fully saturated rings. The lowest BCUT2D eigenvalue weighted by atomic mass is 9.83. The summed E-state index contributed by atoms with van der Waals surface area (Å²) in [4.78, 5) is 0. The first kappa shape index (κ1) is 12.5. The fraction of sp³-hybridized carbons (Fsp3) is 0.538. The molecule has 1 aliphatic rings. The van der Waals surface area contributed by atoms with Gasteiger partial charge in [-0.25, -0.2) is 0 Å². The highest BCUT2D eigenvalue weighted by Gasteiger charge is 2.39.